The minimum absolute atomic E-state index is 0.0522. The predicted molar refractivity (Wildman–Crippen MR) is 185 cm³/mol. The highest BCUT2D eigenvalue weighted by Crippen LogP contribution is 2.40. The van der Waals surface area contributed by atoms with Gasteiger partial charge in [-0.15, -0.1) is 11.8 Å². The summed E-state index contributed by atoms with van der Waals surface area (Å²) in [6.45, 7) is 0.329. The number of amides is 1. The number of aliphatic hydroxyl groups is 1. The van der Waals surface area contributed by atoms with Gasteiger partial charge in [-0.05, 0) is 64.9 Å². The number of aromatic nitrogens is 1. The molecule has 0 spiro atoms. The van der Waals surface area contributed by atoms with E-state index < -0.39 is 18.2 Å². The van der Waals surface area contributed by atoms with Crippen molar-refractivity contribution in [2.24, 2.45) is 0 Å². The number of rotatable bonds is 16. The van der Waals surface area contributed by atoms with Crippen LogP contribution in [0.4, 0.5) is 0 Å². The lowest BCUT2D eigenvalue weighted by atomic mass is 9.99. The Bertz CT molecular complexity index is 1730. The van der Waals surface area contributed by atoms with Crippen molar-refractivity contribution in [2.75, 3.05) is 5.75 Å². The fourth-order valence-electron chi connectivity index (χ4n) is 5.62. The number of nitrogens with zero attached hydrogens (tertiary/aromatic N) is 1. The molecule has 0 saturated carbocycles. The van der Waals surface area contributed by atoms with Gasteiger partial charge in [-0.3, -0.25) is 9.59 Å². The predicted octanol–water partition coefficient (Wildman–Crippen LogP) is 6.93. The van der Waals surface area contributed by atoms with Crippen molar-refractivity contribution < 1.29 is 39.2 Å². The van der Waals surface area contributed by atoms with E-state index in [1.54, 1.807) is 18.3 Å². The molecule has 11 heteroatoms. The van der Waals surface area contributed by atoms with Crippen LogP contribution in [0, 0.1) is 0 Å². The highest BCUT2D eigenvalue weighted by atomic mass is 32.2. The van der Waals surface area contributed by atoms with Crippen LogP contribution in [-0.2, 0) is 32.2 Å². The number of hydrogen-bond acceptors (Lipinski definition) is 8. The molecule has 1 aliphatic rings. The van der Waals surface area contributed by atoms with Crippen molar-refractivity contribution in [1.82, 2.24) is 10.3 Å². The highest BCUT2D eigenvalue weighted by molar-refractivity contribution is 7.99. The molecule has 0 aliphatic carbocycles. The standard InChI is InChI=1S/C38H40N2O8S/c41-23-25-14-16-27(17-15-25)33-21-31(24-49-36-32(37(45)46)11-6-18-39-36)47-38(48-33)30-10-5-9-29(20-30)28-8-4-7-26(19-28)22-40-34(42)12-2-1-3-13-35(43)44/h4-11,14-20,31,33,38,41H,1-3,12-13,21-24H2,(H,40,42)(H,43,44)(H,45,46)/t31-,33+,38+/m0/s1. The summed E-state index contributed by atoms with van der Waals surface area (Å²) in [7, 11) is 0. The number of aliphatic hydroxyl groups excluding tert-OH is 1. The number of ether oxygens (including phenoxy) is 2. The zero-order valence-electron chi connectivity index (χ0n) is 27.0. The first-order valence-corrected chi connectivity index (χ1v) is 17.3. The first-order valence-electron chi connectivity index (χ1n) is 16.3. The molecular formula is C38H40N2O8S. The third-order valence-electron chi connectivity index (χ3n) is 8.23. The SMILES string of the molecule is O=C(O)CCCCCC(=O)NCc1cccc(-c2cccc([C@@H]3O[C@H](CSc4ncccc4C(=O)O)C[C@H](c4ccc(CO)cc4)O3)c2)c1. The molecule has 5 rings (SSSR count). The van der Waals surface area contributed by atoms with Gasteiger partial charge in [-0.1, -0.05) is 67.1 Å². The van der Waals surface area contributed by atoms with Gasteiger partial charge in [0.05, 0.1) is 24.4 Å². The second-order valence-corrected chi connectivity index (χ2v) is 12.9. The molecule has 4 N–H and O–H groups in total. The number of carbonyl (C=O) groups is 3. The van der Waals surface area contributed by atoms with E-state index in [0.29, 0.717) is 49.4 Å². The van der Waals surface area contributed by atoms with E-state index >= 15 is 0 Å². The second kappa shape index (κ2) is 17.7. The smallest absolute Gasteiger partial charge is 0.338 e. The van der Waals surface area contributed by atoms with Crippen LogP contribution in [0.1, 0.15) is 83.5 Å². The van der Waals surface area contributed by atoms with E-state index in [0.717, 1.165) is 33.4 Å². The van der Waals surface area contributed by atoms with Crippen molar-refractivity contribution in [3.63, 3.8) is 0 Å². The summed E-state index contributed by atoms with van der Waals surface area (Å²) >= 11 is 1.34. The van der Waals surface area contributed by atoms with Crippen LogP contribution in [-0.4, -0.2) is 50.0 Å². The Labute approximate surface area is 289 Å². The van der Waals surface area contributed by atoms with Gasteiger partial charge in [-0.2, -0.15) is 0 Å². The van der Waals surface area contributed by atoms with Gasteiger partial charge < -0.3 is 30.1 Å². The Morgan fingerprint density at radius 1 is 0.816 bits per heavy atom. The normalized spacial score (nSPS) is 17.4. The molecule has 2 heterocycles. The molecule has 3 aromatic carbocycles. The van der Waals surface area contributed by atoms with Crippen LogP contribution in [0.5, 0.6) is 0 Å². The number of aliphatic carboxylic acids is 1. The molecule has 1 aromatic heterocycles. The molecule has 4 aromatic rings. The van der Waals surface area contributed by atoms with Gasteiger partial charge in [0.15, 0.2) is 6.29 Å². The number of unbranched alkanes of at least 4 members (excludes halogenated alkanes) is 2. The second-order valence-electron chi connectivity index (χ2n) is 11.9. The average molecular weight is 685 g/mol. The first-order chi connectivity index (χ1) is 23.8. The number of carboxylic acid groups (broad SMARTS) is 2. The third kappa shape index (κ3) is 10.5. The summed E-state index contributed by atoms with van der Waals surface area (Å²) in [5.41, 5.74) is 5.61. The van der Waals surface area contributed by atoms with Crippen molar-refractivity contribution in [3.8, 4) is 11.1 Å². The molecule has 3 atom stereocenters. The molecule has 0 radical (unpaired) electrons. The number of thioether (sulfide) groups is 1. The summed E-state index contributed by atoms with van der Waals surface area (Å²) in [5, 5.41) is 31.3. The number of pyridine rings is 1. The van der Waals surface area contributed by atoms with Crippen LogP contribution < -0.4 is 5.32 Å². The molecule has 10 nitrogen and oxygen atoms in total. The van der Waals surface area contributed by atoms with E-state index in [2.05, 4.69) is 10.3 Å². The van der Waals surface area contributed by atoms with E-state index in [9.17, 15) is 24.6 Å². The van der Waals surface area contributed by atoms with E-state index in [1.807, 2.05) is 72.8 Å². The van der Waals surface area contributed by atoms with E-state index in [-0.39, 0.29) is 36.7 Å². The van der Waals surface area contributed by atoms with Gasteiger partial charge in [-0.25, -0.2) is 9.78 Å². The van der Waals surface area contributed by atoms with Gasteiger partial charge in [0.2, 0.25) is 5.91 Å². The topological polar surface area (TPSA) is 155 Å². The van der Waals surface area contributed by atoms with Crippen LogP contribution in [0.2, 0.25) is 0 Å². The van der Waals surface area contributed by atoms with Gasteiger partial charge >= 0.3 is 11.9 Å². The Hall–Kier alpha value is -4.55. The fraction of sp³-hybridized carbons (Fsp3) is 0.316. The molecule has 49 heavy (non-hydrogen) atoms. The molecule has 1 fully saturated rings. The summed E-state index contributed by atoms with van der Waals surface area (Å²) in [6.07, 6.45) is 3.26. The van der Waals surface area contributed by atoms with Gasteiger partial charge in [0.1, 0.15) is 5.03 Å². The van der Waals surface area contributed by atoms with Crippen LogP contribution in [0.3, 0.4) is 0 Å². The quantitative estimate of drug-likeness (QED) is 0.0721. The van der Waals surface area contributed by atoms with Gasteiger partial charge in [0.25, 0.3) is 0 Å². The van der Waals surface area contributed by atoms with Crippen LogP contribution in [0.25, 0.3) is 11.1 Å². The maximum absolute atomic E-state index is 12.4. The average Bonchev–Trinajstić information content (AvgIpc) is 3.13. The Kier molecular flexibility index (Phi) is 12.9. The van der Waals surface area contributed by atoms with E-state index in [1.165, 1.54) is 11.8 Å². The molecule has 1 amide bonds. The summed E-state index contributed by atoms with van der Waals surface area (Å²) in [6, 6.07) is 26.7. The number of carboxylic acids is 2. The Morgan fingerprint density at radius 2 is 1.57 bits per heavy atom. The molecule has 256 valence electrons. The first kappa shape index (κ1) is 35.7. The zero-order chi connectivity index (χ0) is 34.6. The summed E-state index contributed by atoms with van der Waals surface area (Å²) in [5.74, 6) is -1.44. The molecule has 1 aliphatic heterocycles. The maximum atomic E-state index is 12.4. The minimum Gasteiger partial charge on any atom is -0.481 e. The molecular weight excluding hydrogens is 644 g/mol. The van der Waals surface area contributed by atoms with Crippen molar-refractivity contribution >= 4 is 29.6 Å². The van der Waals surface area contributed by atoms with E-state index in [4.69, 9.17) is 14.6 Å². The fourth-order valence-corrected chi connectivity index (χ4v) is 6.62. The number of hydrogen-bond donors (Lipinski definition) is 4. The maximum Gasteiger partial charge on any atom is 0.338 e. The Morgan fingerprint density at radius 3 is 2.33 bits per heavy atom. The lowest BCUT2D eigenvalue weighted by Crippen LogP contribution is -2.31. The summed E-state index contributed by atoms with van der Waals surface area (Å²) in [4.78, 5) is 39.1. The number of carbonyl (C=O) groups excluding carboxylic acids is 1. The van der Waals surface area contributed by atoms with Crippen molar-refractivity contribution in [1.29, 1.82) is 0 Å². The largest absolute Gasteiger partial charge is 0.481 e. The van der Waals surface area contributed by atoms with Gasteiger partial charge in [0, 0.05) is 43.3 Å². The summed E-state index contributed by atoms with van der Waals surface area (Å²) < 4.78 is 13.0. The van der Waals surface area contributed by atoms with Crippen LogP contribution in [0.15, 0.2) is 96.2 Å². The molecule has 1 saturated heterocycles. The van der Waals surface area contributed by atoms with Crippen LogP contribution >= 0.6 is 11.8 Å². The molecule has 0 bridgehead atoms. The lowest BCUT2D eigenvalue weighted by molar-refractivity contribution is -0.245. The lowest BCUT2D eigenvalue weighted by Gasteiger charge is -2.36. The zero-order valence-corrected chi connectivity index (χ0v) is 27.8. The molecule has 0 unspecified atom stereocenters. The Balaban J connectivity index is 1.28. The number of aromatic carboxylic acids is 1. The monoisotopic (exact) mass is 684 g/mol. The van der Waals surface area contributed by atoms with Crippen molar-refractivity contribution in [2.45, 2.75) is 75.2 Å². The number of nitrogens with one attached hydrogen (secondary N) is 1. The number of benzene rings is 3. The minimum atomic E-state index is -1.03. The van der Waals surface area contributed by atoms with Crippen molar-refractivity contribution in [3.05, 3.63) is 119 Å². The highest BCUT2D eigenvalue weighted by Gasteiger charge is 2.33. The third-order valence-corrected chi connectivity index (χ3v) is 9.36.